The molecule has 0 atom stereocenters. The van der Waals surface area contributed by atoms with E-state index in [1.807, 2.05) is 20.8 Å². The first-order valence-electron chi connectivity index (χ1n) is 5.63. The van der Waals surface area contributed by atoms with Crippen molar-refractivity contribution in [1.29, 1.82) is 0 Å². The largest absolute Gasteiger partial charge is 0.337 e. The Morgan fingerprint density at radius 2 is 1.67 bits per heavy atom. The minimum absolute atomic E-state index is 0.199. The Hall–Kier alpha value is -1.52. The van der Waals surface area contributed by atoms with Crippen molar-refractivity contribution < 1.29 is 18.0 Å². The van der Waals surface area contributed by atoms with Crippen molar-refractivity contribution in [2.45, 2.75) is 32.7 Å². The highest BCUT2D eigenvalue weighted by Crippen LogP contribution is 2.21. The average molecular weight is 259 g/mol. The first kappa shape index (κ1) is 14.5. The van der Waals surface area contributed by atoms with Crippen molar-refractivity contribution in [2.75, 3.05) is 7.05 Å². The molecule has 0 radical (unpaired) electrons. The van der Waals surface area contributed by atoms with Gasteiger partial charge in [0.15, 0.2) is 17.5 Å². The van der Waals surface area contributed by atoms with Gasteiger partial charge in [0.1, 0.15) is 0 Å². The molecule has 0 aromatic heterocycles. The molecule has 1 aromatic rings. The third-order valence-electron chi connectivity index (χ3n) is 3.31. The van der Waals surface area contributed by atoms with Gasteiger partial charge in [0.2, 0.25) is 0 Å². The van der Waals surface area contributed by atoms with Gasteiger partial charge in [-0.05, 0) is 32.4 Å². The first-order chi connectivity index (χ1) is 8.20. The molecule has 1 aromatic carbocycles. The smallest absolute Gasteiger partial charge is 0.254 e. The topological polar surface area (TPSA) is 20.3 Å². The highest BCUT2D eigenvalue weighted by atomic mass is 19.2. The Bertz CT molecular complexity index is 448. The number of amides is 1. The van der Waals surface area contributed by atoms with E-state index < -0.39 is 28.9 Å². The third kappa shape index (κ3) is 2.66. The number of nitrogens with zero attached hydrogens (tertiary/aromatic N) is 1. The Kier molecular flexibility index (Phi) is 4.04. The predicted octanol–water partition coefficient (Wildman–Crippen LogP) is 3.36. The summed E-state index contributed by atoms with van der Waals surface area (Å²) in [6.45, 7) is 5.57. The van der Waals surface area contributed by atoms with Gasteiger partial charge in [-0.15, -0.1) is 0 Å². The van der Waals surface area contributed by atoms with E-state index in [9.17, 15) is 18.0 Å². The molecular formula is C13H16F3NO. The van der Waals surface area contributed by atoms with Crippen LogP contribution in [0.4, 0.5) is 13.2 Å². The summed E-state index contributed by atoms with van der Waals surface area (Å²) in [4.78, 5) is 13.4. The number of carbonyl (C=O) groups is 1. The quantitative estimate of drug-likeness (QED) is 0.762. The third-order valence-corrected chi connectivity index (χ3v) is 3.31. The van der Waals surface area contributed by atoms with Gasteiger partial charge in [-0.2, -0.15) is 0 Å². The van der Waals surface area contributed by atoms with Crippen molar-refractivity contribution in [3.8, 4) is 0 Å². The van der Waals surface area contributed by atoms with Crippen molar-refractivity contribution >= 4 is 5.91 Å². The number of benzene rings is 1. The number of hydrogen-bond donors (Lipinski definition) is 0. The average Bonchev–Trinajstić information content (AvgIpc) is 2.33. The maximum Gasteiger partial charge on any atom is 0.254 e. The molecule has 0 saturated carbocycles. The van der Waals surface area contributed by atoms with Gasteiger partial charge in [0.05, 0.1) is 0 Å². The molecule has 0 unspecified atom stereocenters. The number of halogens is 3. The van der Waals surface area contributed by atoms with Crippen LogP contribution in [0.1, 0.15) is 37.6 Å². The lowest BCUT2D eigenvalue weighted by molar-refractivity contribution is 0.0619. The fourth-order valence-corrected chi connectivity index (χ4v) is 1.38. The van der Waals surface area contributed by atoms with Crippen LogP contribution in [0.2, 0.25) is 0 Å². The maximum atomic E-state index is 13.1. The minimum atomic E-state index is -1.57. The van der Waals surface area contributed by atoms with E-state index in [1.54, 1.807) is 7.05 Å². The molecule has 0 aliphatic heterocycles. The van der Waals surface area contributed by atoms with Gasteiger partial charge in [-0.25, -0.2) is 13.2 Å². The first-order valence-corrected chi connectivity index (χ1v) is 5.63. The van der Waals surface area contributed by atoms with Crippen LogP contribution in [0.15, 0.2) is 12.1 Å². The Balaban J connectivity index is 3.12. The van der Waals surface area contributed by atoms with Gasteiger partial charge in [-0.3, -0.25) is 4.79 Å². The standard InChI is InChI=1S/C13H16F3NO/c1-5-13(2,3)17(4)12(18)8-6-9(14)11(16)10(15)7-8/h6-7H,5H2,1-4H3. The van der Waals surface area contributed by atoms with Crippen molar-refractivity contribution in [3.05, 3.63) is 35.1 Å². The Labute approximate surface area is 104 Å². The van der Waals surface area contributed by atoms with Crippen molar-refractivity contribution in [1.82, 2.24) is 4.90 Å². The zero-order valence-electron chi connectivity index (χ0n) is 10.9. The zero-order valence-corrected chi connectivity index (χ0v) is 10.9. The Morgan fingerprint density at radius 3 is 2.06 bits per heavy atom. The molecule has 0 saturated heterocycles. The van der Waals surface area contributed by atoms with E-state index >= 15 is 0 Å². The molecule has 1 amide bonds. The number of hydrogen-bond acceptors (Lipinski definition) is 1. The molecule has 0 aliphatic rings. The second-order valence-corrected chi connectivity index (χ2v) is 4.78. The van der Waals surface area contributed by atoms with Crippen LogP contribution in [0.5, 0.6) is 0 Å². The molecular weight excluding hydrogens is 243 g/mol. The summed E-state index contributed by atoms with van der Waals surface area (Å²) >= 11 is 0. The zero-order chi connectivity index (χ0) is 14.1. The molecule has 0 fully saturated rings. The molecule has 0 heterocycles. The normalized spacial score (nSPS) is 11.5. The molecule has 0 aliphatic carbocycles. The van der Waals surface area contributed by atoms with E-state index in [0.717, 1.165) is 0 Å². The highest BCUT2D eigenvalue weighted by molar-refractivity contribution is 5.94. The van der Waals surface area contributed by atoms with Crippen LogP contribution in [0.3, 0.4) is 0 Å². The second kappa shape index (κ2) is 5.00. The summed E-state index contributed by atoms with van der Waals surface area (Å²) in [5, 5.41) is 0. The second-order valence-electron chi connectivity index (χ2n) is 4.78. The van der Waals surface area contributed by atoms with Crippen LogP contribution >= 0.6 is 0 Å². The molecule has 100 valence electrons. The van der Waals surface area contributed by atoms with E-state index in [4.69, 9.17) is 0 Å². The minimum Gasteiger partial charge on any atom is -0.337 e. The summed E-state index contributed by atoms with van der Waals surface area (Å²) < 4.78 is 38.9. The van der Waals surface area contributed by atoms with E-state index in [1.165, 1.54) is 4.90 Å². The van der Waals surface area contributed by atoms with Crippen molar-refractivity contribution in [2.24, 2.45) is 0 Å². The molecule has 5 heteroatoms. The lowest BCUT2D eigenvalue weighted by atomic mass is 9.99. The number of carbonyl (C=O) groups excluding carboxylic acids is 1. The summed E-state index contributed by atoms with van der Waals surface area (Å²) in [5.74, 6) is -4.83. The van der Waals surface area contributed by atoms with E-state index in [2.05, 4.69) is 0 Å². The summed E-state index contributed by atoms with van der Waals surface area (Å²) in [6.07, 6.45) is 0.682. The summed E-state index contributed by atoms with van der Waals surface area (Å²) in [5.41, 5.74) is -0.645. The van der Waals surface area contributed by atoms with Crippen LogP contribution in [0.25, 0.3) is 0 Å². The fourth-order valence-electron chi connectivity index (χ4n) is 1.38. The van der Waals surface area contributed by atoms with E-state index in [0.29, 0.717) is 18.6 Å². The summed E-state index contributed by atoms with van der Waals surface area (Å²) in [7, 11) is 1.55. The van der Waals surface area contributed by atoms with Crippen molar-refractivity contribution in [3.63, 3.8) is 0 Å². The molecule has 0 N–H and O–H groups in total. The molecule has 1 rings (SSSR count). The van der Waals surface area contributed by atoms with E-state index in [-0.39, 0.29) is 5.56 Å². The highest BCUT2D eigenvalue weighted by Gasteiger charge is 2.27. The molecule has 0 spiro atoms. The van der Waals surface area contributed by atoms with Gasteiger partial charge in [0, 0.05) is 18.2 Å². The van der Waals surface area contributed by atoms with Crippen LogP contribution < -0.4 is 0 Å². The molecule has 2 nitrogen and oxygen atoms in total. The van der Waals surface area contributed by atoms with Gasteiger partial charge in [-0.1, -0.05) is 6.92 Å². The van der Waals surface area contributed by atoms with Gasteiger partial charge >= 0.3 is 0 Å². The lowest BCUT2D eigenvalue weighted by Gasteiger charge is -2.35. The van der Waals surface area contributed by atoms with Gasteiger partial charge in [0.25, 0.3) is 5.91 Å². The van der Waals surface area contributed by atoms with Crippen LogP contribution in [-0.2, 0) is 0 Å². The van der Waals surface area contributed by atoms with Crippen LogP contribution in [0, 0.1) is 17.5 Å². The monoisotopic (exact) mass is 259 g/mol. The molecule has 18 heavy (non-hydrogen) atoms. The Morgan fingerprint density at radius 1 is 1.22 bits per heavy atom. The lowest BCUT2D eigenvalue weighted by Crippen LogP contribution is -2.44. The number of rotatable bonds is 3. The fraction of sp³-hybridized carbons (Fsp3) is 0.462. The van der Waals surface area contributed by atoms with Crippen LogP contribution in [-0.4, -0.2) is 23.4 Å². The molecule has 0 bridgehead atoms. The van der Waals surface area contributed by atoms with Gasteiger partial charge < -0.3 is 4.90 Å². The predicted molar refractivity (Wildman–Crippen MR) is 62.8 cm³/mol. The maximum absolute atomic E-state index is 13.1. The SMILES string of the molecule is CCC(C)(C)N(C)C(=O)c1cc(F)c(F)c(F)c1. The summed E-state index contributed by atoms with van der Waals surface area (Å²) in [6, 6.07) is 1.42.